The number of nitrogens with zero attached hydrogens (tertiary/aromatic N) is 3. The van der Waals surface area contributed by atoms with Gasteiger partial charge in [0.2, 0.25) is 11.9 Å². The third kappa shape index (κ3) is 2.58. The van der Waals surface area contributed by atoms with Gasteiger partial charge in [0.25, 0.3) is 0 Å². The molecule has 2 heterocycles. The number of amides is 1. The van der Waals surface area contributed by atoms with Crippen LogP contribution in [-0.4, -0.2) is 28.5 Å². The fourth-order valence-corrected chi connectivity index (χ4v) is 2.43. The smallest absolute Gasteiger partial charge is 0.249 e. The van der Waals surface area contributed by atoms with Gasteiger partial charge in [-0.05, 0) is 30.7 Å². The minimum atomic E-state index is -0.295. The molecule has 1 atom stereocenters. The first-order valence-electron chi connectivity index (χ1n) is 6.34. The number of rotatable bonds is 3. The van der Waals surface area contributed by atoms with Crippen molar-refractivity contribution in [2.24, 2.45) is 0 Å². The van der Waals surface area contributed by atoms with Crippen molar-refractivity contribution >= 4 is 29.1 Å². The zero-order chi connectivity index (χ0) is 13.9. The molecule has 1 fully saturated rings. The van der Waals surface area contributed by atoms with Gasteiger partial charge in [-0.3, -0.25) is 4.79 Å². The number of halogens is 1. The summed E-state index contributed by atoms with van der Waals surface area (Å²) < 4.78 is 0. The summed E-state index contributed by atoms with van der Waals surface area (Å²) in [5.41, 5.74) is 0.820. The van der Waals surface area contributed by atoms with Crippen LogP contribution in [0.2, 0.25) is 5.02 Å². The second-order valence-corrected chi connectivity index (χ2v) is 4.96. The fraction of sp³-hybridized carbons (Fsp3) is 0.214. The van der Waals surface area contributed by atoms with Gasteiger partial charge >= 0.3 is 0 Å². The summed E-state index contributed by atoms with van der Waals surface area (Å²) in [4.78, 5) is 22.3. The average Bonchev–Trinajstić information content (AvgIpc) is 2.81. The van der Waals surface area contributed by atoms with Crippen LogP contribution in [0, 0.1) is 0 Å². The zero-order valence-electron chi connectivity index (χ0n) is 10.7. The molecule has 0 bridgehead atoms. The molecule has 20 heavy (non-hydrogen) atoms. The van der Waals surface area contributed by atoms with Crippen molar-refractivity contribution in [2.45, 2.75) is 12.5 Å². The first-order chi connectivity index (χ1) is 9.74. The van der Waals surface area contributed by atoms with Gasteiger partial charge in [0.1, 0.15) is 6.04 Å². The van der Waals surface area contributed by atoms with Crippen LogP contribution in [0.25, 0.3) is 0 Å². The zero-order valence-corrected chi connectivity index (χ0v) is 11.4. The monoisotopic (exact) mass is 288 g/mol. The van der Waals surface area contributed by atoms with E-state index < -0.39 is 0 Å². The Labute approximate surface area is 121 Å². The van der Waals surface area contributed by atoms with Gasteiger partial charge in [-0.15, -0.1) is 0 Å². The van der Waals surface area contributed by atoms with Crippen LogP contribution in [0.3, 0.4) is 0 Å². The van der Waals surface area contributed by atoms with Crippen LogP contribution < -0.4 is 10.2 Å². The maximum atomic E-state index is 12.4. The Morgan fingerprint density at radius 2 is 2.05 bits per heavy atom. The number of aromatic nitrogens is 2. The first kappa shape index (κ1) is 12.9. The van der Waals surface area contributed by atoms with Crippen molar-refractivity contribution in [3.8, 4) is 0 Å². The summed E-state index contributed by atoms with van der Waals surface area (Å²) in [6, 6.07) is 8.74. The lowest BCUT2D eigenvalue weighted by Crippen LogP contribution is -2.33. The van der Waals surface area contributed by atoms with E-state index in [0.717, 1.165) is 5.69 Å². The van der Waals surface area contributed by atoms with E-state index in [-0.39, 0.29) is 11.9 Å². The van der Waals surface area contributed by atoms with E-state index >= 15 is 0 Å². The number of hydrogen-bond acceptors (Lipinski definition) is 4. The number of carbonyl (C=O) groups excluding carboxylic acids is 1. The van der Waals surface area contributed by atoms with E-state index in [4.69, 9.17) is 11.6 Å². The molecule has 0 radical (unpaired) electrons. The number of carbonyl (C=O) groups is 1. The Kier molecular flexibility index (Phi) is 3.52. The van der Waals surface area contributed by atoms with Crippen molar-refractivity contribution < 1.29 is 4.79 Å². The molecule has 1 saturated heterocycles. The second kappa shape index (κ2) is 5.46. The molecule has 1 aromatic carbocycles. The summed E-state index contributed by atoms with van der Waals surface area (Å²) >= 11 is 5.96. The standard InChI is InChI=1S/C14H13ClN4O/c15-10-3-1-4-11(9-10)19-8-5-12(13(19)20)18-14-16-6-2-7-17-14/h1-4,6-7,9,12H,5,8H2,(H,16,17,18). The largest absolute Gasteiger partial charge is 0.342 e. The highest BCUT2D eigenvalue weighted by Crippen LogP contribution is 2.25. The Bertz CT molecular complexity index is 620. The number of nitrogens with one attached hydrogen (secondary N) is 1. The predicted molar refractivity (Wildman–Crippen MR) is 77.9 cm³/mol. The summed E-state index contributed by atoms with van der Waals surface area (Å²) in [7, 11) is 0. The predicted octanol–water partition coefficient (Wildman–Crippen LogP) is 2.35. The number of benzene rings is 1. The van der Waals surface area contributed by atoms with E-state index in [9.17, 15) is 4.79 Å². The molecular weight excluding hydrogens is 276 g/mol. The summed E-state index contributed by atoms with van der Waals surface area (Å²) in [5, 5.41) is 3.68. The Balaban J connectivity index is 1.74. The average molecular weight is 289 g/mol. The van der Waals surface area contributed by atoms with Crippen LogP contribution in [0.15, 0.2) is 42.7 Å². The fourth-order valence-electron chi connectivity index (χ4n) is 2.24. The van der Waals surface area contributed by atoms with Gasteiger partial charge in [0, 0.05) is 29.6 Å². The molecule has 102 valence electrons. The molecular formula is C14H13ClN4O. The minimum Gasteiger partial charge on any atom is -0.342 e. The van der Waals surface area contributed by atoms with Crippen LogP contribution in [0.1, 0.15) is 6.42 Å². The van der Waals surface area contributed by atoms with Gasteiger partial charge in [-0.2, -0.15) is 0 Å². The lowest BCUT2D eigenvalue weighted by atomic mass is 10.2. The molecule has 3 rings (SSSR count). The Hall–Kier alpha value is -2.14. The van der Waals surface area contributed by atoms with Crippen LogP contribution in [-0.2, 0) is 4.79 Å². The number of anilines is 2. The topological polar surface area (TPSA) is 58.1 Å². The molecule has 1 aliphatic heterocycles. The second-order valence-electron chi connectivity index (χ2n) is 4.53. The Morgan fingerprint density at radius 3 is 2.80 bits per heavy atom. The highest BCUT2D eigenvalue weighted by Gasteiger charge is 2.32. The normalized spacial score (nSPS) is 18.4. The maximum absolute atomic E-state index is 12.4. The van der Waals surface area contributed by atoms with E-state index in [2.05, 4.69) is 15.3 Å². The highest BCUT2D eigenvalue weighted by atomic mass is 35.5. The quantitative estimate of drug-likeness (QED) is 0.942. The SMILES string of the molecule is O=C1C(Nc2ncccn2)CCN1c1cccc(Cl)c1. The van der Waals surface area contributed by atoms with E-state index in [1.807, 2.05) is 12.1 Å². The van der Waals surface area contributed by atoms with Crippen LogP contribution in [0.5, 0.6) is 0 Å². The van der Waals surface area contributed by atoms with E-state index in [1.165, 1.54) is 0 Å². The molecule has 2 aromatic rings. The molecule has 6 heteroatoms. The minimum absolute atomic E-state index is 0.0136. The van der Waals surface area contributed by atoms with Crippen LogP contribution >= 0.6 is 11.6 Å². The van der Waals surface area contributed by atoms with E-state index in [1.54, 1.807) is 35.5 Å². The van der Waals surface area contributed by atoms with E-state index in [0.29, 0.717) is 23.9 Å². The highest BCUT2D eigenvalue weighted by molar-refractivity contribution is 6.31. The van der Waals surface area contributed by atoms with Gasteiger partial charge in [-0.25, -0.2) is 9.97 Å². The third-order valence-electron chi connectivity index (χ3n) is 3.19. The van der Waals surface area contributed by atoms with Gasteiger partial charge < -0.3 is 10.2 Å². The number of hydrogen-bond donors (Lipinski definition) is 1. The van der Waals surface area contributed by atoms with Gasteiger partial charge in [0.05, 0.1) is 0 Å². The lowest BCUT2D eigenvalue weighted by molar-refractivity contribution is -0.117. The third-order valence-corrected chi connectivity index (χ3v) is 3.43. The first-order valence-corrected chi connectivity index (χ1v) is 6.72. The molecule has 1 aliphatic rings. The van der Waals surface area contributed by atoms with Crippen molar-refractivity contribution in [1.82, 2.24) is 9.97 Å². The molecule has 1 amide bonds. The van der Waals surface area contributed by atoms with Crippen molar-refractivity contribution in [3.05, 3.63) is 47.7 Å². The van der Waals surface area contributed by atoms with Crippen molar-refractivity contribution in [3.63, 3.8) is 0 Å². The lowest BCUT2D eigenvalue weighted by Gasteiger charge is -2.17. The Morgan fingerprint density at radius 1 is 1.25 bits per heavy atom. The molecule has 1 N–H and O–H groups in total. The molecule has 0 saturated carbocycles. The van der Waals surface area contributed by atoms with Crippen molar-refractivity contribution in [2.75, 3.05) is 16.8 Å². The maximum Gasteiger partial charge on any atom is 0.249 e. The van der Waals surface area contributed by atoms with Gasteiger partial charge in [0.15, 0.2) is 0 Å². The van der Waals surface area contributed by atoms with Crippen LogP contribution in [0.4, 0.5) is 11.6 Å². The molecule has 1 unspecified atom stereocenters. The molecule has 5 nitrogen and oxygen atoms in total. The van der Waals surface area contributed by atoms with Crippen molar-refractivity contribution in [1.29, 1.82) is 0 Å². The molecule has 0 aliphatic carbocycles. The summed E-state index contributed by atoms with van der Waals surface area (Å²) in [6.45, 7) is 0.656. The summed E-state index contributed by atoms with van der Waals surface area (Å²) in [5.74, 6) is 0.485. The molecule has 0 spiro atoms. The molecule has 1 aromatic heterocycles. The summed E-state index contributed by atoms with van der Waals surface area (Å²) in [6.07, 6.45) is 4.00. The van der Waals surface area contributed by atoms with Gasteiger partial charge in [-0.1, -0.05) is 17.7 Å².